The van der Waals surface area contributed by atoms with E-state index >= 15 is 0 Å². The van der Waals surface area contributed by atoms with Crippen LogP contribution in [0.5, 0.6) is 5.75 Å². The molecular formula is C16H16ClF2NO. The smallest absolute Gasteiger partial charge is 0.148 e. The summed E-state index contributed by atoms with van der Waals surface area (Å²) in [5.74, 6) is -0.529. The molecule has 1 unspecified atom stereocenters. The van der Waals surface area contributed by atoms with Crippen molar-refractivity contribution in [2.45, 2.75) is 19.6 Å². The fraction of sp³-hybridized carbons (Fsp3) is 0.250. The Morgan fingerprint density at radius 3 is 2.71 bits per heavy atom. The van der Waals surface area contributed by atoms with Gasteiger partial charge in [0.05, 0.1) is 5.02 Å². The van der Waals surface area contributed by atoms with E-state index in [1.165, 1.54) is 18.2 Å². The largest absolute Gasteiger partial charge is 0.488 e. The Labute approximate surface area is 127 Å². The van der Waals surface area contributed by atoms with Gasteiger partial charge in [-0.05, 0) is 26.1 Å². The zero-order valence-corrected chi connectivity index (χ0v) is 12.5. The van der Waals surface area contributed by atoms with Crippen LogP contribution in [0.2, 0.25) is 5.02 Å². The van der Waals surface area contributed by atoms with Crippen LogP contribution in [-0.2, 0) is 6.61 Å². The predicted molar refractivity (Wildman–Crippen MR) is 79.6 cm³/mol. The van der Waals surface area contributed by atoms with Gasteiger partial charge in [-0.15, -0.1) is 0 Å². The van der Waals surface area contributed by atoms with Gasteiger partial charge in [-0.1, -0.05) is 29.8 Å². The molecule has 0 aromatic heterocycles. The van der Waals surface area contributed by atoms with Crippen LogP contribution in [0, 0.1) is 11.6 Å². The molecule has 0 aliphatic rings. The first kappa shape index (κ1) is 15.7. The molecule has 1 N–H and O–H groups in total. The number of rotatable bonds is 5. The van der Waals surface area contributed by atoms with E-state index in [1.54, 1.807) is 25.2 Å². The van der Waals surface area contributed by atoms with Gasteiger partial charge in [-0.3, -0.25) is 0 Å². The maximum absolute atomic E-state index is 13.8. The summed E-state index contributed by atoms with van der Waals surface area (Å²) in [5.41, 5.74) is 1.14. The molecule has 0 saturated carbocycles. The predicted octanol–water partition coefficient (Wildman–Crippen LogP) is 4.48. The molecule has 5 heteroatoms. The van der Waals surface area contributed by atoms with E-state index in [0.717, 1.165) is 5.56 Å². The first-order valence-corrected chi connectivity index (χ1v) is 6.93. The van der Waals surface area contributed by atoms with Crippen LogP contribution in [0.4, 0.5) is 8.78 Å². The van der Waals surface area contributed by atoms with Crippen molar-refractivity contribution < 1.29 is 13.5 Å². The van der Waals surface area contributed by atoms with Gasteiger partial charge in [0.15, 0.2) is 0 Å². The molecule has 0 fully saturated rings. The van der Waals surface area contributed by atoms with Crippen molar-refractivity contribution in [3.05, 3.63) is 64.2 Å². The molecule has 0 amide bonds. The molecule has 0 saturated heterocycles. The zero-order chi connectivity index (χ0) is 15.4. The number of halogens is 3. The Kier molecular flexibility index (Phi) is 5.15. The highest BCUT2D eigenvalue weighted by atomic mass is 35.5. The fourth-order valence-electron chi connectivity index (χ4n) is 1.96. The Balaban J connectivity index is 2.23. The number of nitrogens with one attached hydrogen (secondary N) is 1. The van der Waals surface area contributed by atoms with E-state index in [1.807, 2.05) is 6.92 Å². The Hall–Kier alpha value is -1.65. The topological polar surface area (TPSA) is 21.3 Å². The van der Waals surface area contributed by atoms with Gasteiger partial charge in [0.25, 0.3) is 0 Å². The SMILES string of the molecule is CNC(C)c1ccc(F)cc1OCc1cccc(Cl)c1F. The van der Waals surface area contributed by atoms with Crippen molar-refractivity contribution in [2.75, 3.05) is 7.05 Å². The first-order chi connectivity index (χ1) is 10.0. The molecule has 21 heavy (non-hydrogen) atoms. The van der Waals surface area contributed by atoms with Gasteiger partial charge in [0.1, 0.15) is 24.0 Å². The van der Waals surface area contributed by atoms with Gasteiger partial charge < -0.3 is 10.1 Å². The first-order valence-electron chi connectivity index (χ1n) is 6.55. The van der Waals surface area contributed by atoms with Crippen LogP contribution in [-0.4, -0.2) is 7.05 Å². The van der Waals surface area contributed by atoms with Crippen LogP contribution in [0.1, 0.15) is 24.1 Å². The minimum absolute atomic E-state index is 0.00944. The summed E-state index contributed by atoms with van der Waals surface area (Å²) in [6.45, 7) is 1.92. The fourth-order valence-corrected chi connectivity index (χ4v) is 2.16. The second-order valence-electron chi connectivity index (χ2n) is 4.69. The Morgan fingerprint density at radius 2 is 2.00 bits per heavy atom. The molecule has 0 spiro atoms. The van der Waals surface area contributed by atoms with Crippen molar-refractivity contribution in [3.63, 3.8) is 0 Å². The minimum atomic E-state index is -0.515. The van der Waals surface area contributed by atoms with E-state index in [9.17, 15) is 8.78 Å². The van der Waals surface area contributed by atoms with E-state index in [4.69, 9.17) is 16.3 Å². The molecule has 0 heterocycles. The molecule has 0 aliphatic heterocycles. The zero-order valence-electron chi connectivity index (χ0n) is 11.8. The van der Waals surface area contributed by atoms with Crippen LogP contribution in [0.25, 0.3) is 0 Å². The van der Waals surface area contributed by atoms with Crippen LogP contribution >= 0.6 is 11.6 Å². The molecule has 2 rings (SSSR count). The lowest BCUT2D eigenvalue weighted by atomic mass is 10.1. The molecule has 2 aromatic carbocycles. The summed E-state index contributed by atoms with van der Waals surface area (Å²) in [6, 6.07) is 9.01. The average molecular weight is 312 g/mol. The summed E-state index contributed by atoms with van der Waals surface area (Å²) < 4.78 is 32.8. The molecule has 1 atom stereocenters. The van der Waals surface area contributed by atoms with Crippen molar-refractivity contribution in [3.8, 4) is 5.75 Å². The van der Waals surface area contributed by atoms with E-state index in [-0.39, 0.29) is 17.7 Å². The third-order valence-electron chi connectivity index (χ3n) is 3.29. The standard InChI is InChI=1S/C16H16ClF2NO/c1-10(20-2)13-7-6-12(18)8-15(13)21-9-11-4-3-5-14(17)16(11)19/h3-8,10,20H,9H2,1-2H3. The second-order valence-corrected chi connectivity index (χ2v) is 5.10. The number of ether oxygens (including phenoxy) is 1. The molecule has 0 radical (unpaired) electrons. The second kappa shape index (κ2) is 6.87. The molecule has 2 aromatic rings. The lowest BCUT2D eigenvalue weighted by Crippen LogP contribution is -2.14. The van der Waals surface area contributed by atoms with E-state index in [2.05, 4.69) is 5.32 Å². The monoisotopic (exact) mass is 311 g/mol. The van der Waals surface area contributed by atoms with Gasteiger partial charge in [0.2, 0.25) is 0 Å². The van der Waals surface area contributed by atoms with Gasteiger partial charge in [0, 0.05) is 23.2 Å². The summed E-state index contributed by atoms with van der Waals surface area (Å²) in [7, 11) is 1.80. The lowest BCUT2D eigenvalue weighted by molar-refractivity contribution is 0.292. The lowest BCUT2D eigenvalue weighted by Gasteiger charge is -2.17. The van der Waals surface area contributed by atoms with Crippen molar-refractivity contribution in [1.29, 1.82) is 0 Å². The maximum atomic E-state index is 13.8. The van der Waals surface area contributed by atoms with Crippen molar-refractivity contribution >= 4 is 11.6 Å². The van der Waals surface area contributed by atoms with Gasteiger partial charge >= 0.3 is 0 Å². The molecule has 0 aliphatic carbocycles. The van der Waals surface area contributed by atoms with Crippen molar-refractivity contribution in [2.24, 2.45) is 0 Å². The number of hydrogen-bond donors (Lipinski definition) is 1. The maximum Gasteiger partial charge on any atom is 0.148 e. The normalized spacial score (nSPS) is 12.2. The summed E-state index contributed by atoms with van der Waals surface area (Å²) >= 11 is 5.72. The minimum Gasteiger partial charge on any atom is -0.488 e. The molecular weight excluding hydrogens is 296 g/mol. The highest BCUT2D eigenvalue weighted by molar-refractivity contribution is 6.30. The van der Waals surface area contributed by atoms with Crippen LogP contribution < -0.4 is 10.1 Å². The number of hydrogen-bond acceptors (Lipinski definition) is 2. The highest BCUT2D eigenvalue weighted by Gasteiger charge is 2.13. The van der Waals surface area contributed by atoms with E-state index in [0.29, 0.717) is 11.3 Å². The average Bonchev–Trinajstić information content (AvgIpc) is 2.48. The number of benzene rings is 2. The van der Waals surface area contributed by atoms with Gasteiger partial charge in [-0.25, -0.2) is 8.78 Å². The van der Waals surface area contributed by atoms with Crippen LogP contribution in [0.3, 0.4) is 0 Å². The van der Waals surface area contributed by atoms with Crippen molar-refractivity contribution in [1.82, 2.24) is 5.32 Å². The van der Waals surface area contributed by atoms with E-state index < -0.39 is 11.6 Å². The molecule has 2 nitrogen and oxygen atoms in total. The highest BCUT2D eigenvalue weighted by Crippen LogP contribution is 2.27. The molecule has 0 bridgehead atoms. The third-order valence-corrected chi connectivity index (χ3v) is 3.58. The molecule has 112 valence electrons. The quantitative estimate of drug-likeness (QED) is 0.879. The Bertz CT molecular complexity index is 634. The third kappa shape index (κ3) is 3.71. The summed E-state index contributed by atoms with van der Waals surface area (Å²) in [5, 5.41) is 3.10. The Morgan fingerprint density at radius 1 is 1.24 bits per heavy atom. The summed E-state index contributed by atoms with van der Waals surface area (Å²) in [4.78, 5) is 0. The van der Waals surface area contributed by atoms with Crippen LogP contribution in [0.15, 0.2) is 36.4 Å². The summed E-state index contributed by atoms with van der Waals surface area (Å²) in [6.07, 6.45) is 0. The van der Waals surface area contributed by atoms with Gasteiger partial charge in [-0.2, -0.15) is 0 Å².